The maximum atomic E-state index is 4.38. The Hall–Kier alpha value is -0.830. The van der Waals surface area contributed by atoms with Crippen LogP contribution in [0.25, 0.3) is 0 Å². The van der Waals surface area contributed by atoms with Crippen LogP contribution in [-0.2, 0) is 7.05 Å². The van der Waals surface area contributed by atoms with Gasteiger partial charge in [-0.05, 0) is 19.0 Å². The molecule has 0 radical (unpaired) electrons. The van der Waals surface area contributed by atoms with Crippen LogP contribution in [0.3, 0.4) is 0 Å². The van der Waals surface area contributed by atoms with Crippen LogP contribution in [0, 0.1) is 5.92 Å². The second-order valence-corrected chi connectivity index (χ2v) is 3.97. The van der Waals surface area contributed by atoms with E-state index in [2.05, 4.69) is 42.7 Å². The van der Waals surface area contributed by atoms with Crippen molar-refractivity contribution in [2.24, 2.45) is 13.0 Å². The summed E-state index contributed by atoms with van der Waals surface area (Å²) in [6.07, 6.45) is 3.87. The largest absolute Gasteiger partial charge is 0.338 e. The Balaban J connectivity index is 2.56. The molecule has 3 heteroatoms. The lowest BCUT2D eigenvalue weighted by molar-refractivity contribution is 0.432. The summed E-state index contributed by atoms with van der Waals surface area (Å²) < 4.78 is 2.10. The fourth-order valence-corrected chi connectivity index (χ4v) is 1.62. The molecular weight excluding hydrogens is 174 g/mol. The van der Waals surface area contributed by atoms with Crippen molar-refractivity contribution >= 4 is 0 Å². The molecule has 2 atom stereocenters. The molecule has 0 amide bonds. The molecule has 0 spiro atoms. The van der Waals surface area contributed by atoms with E-state index in [1.54, 1.807) is 0 Å². The summed E-state index contributed by atoms with van der Waals surface area (Å²) in [5.41, 5.74) is 0. The van der Waals surface area contributed by atoms with Crippen LogP contribution >= 0.6 is 0 Å². The average Bonchev–Trinajstić information content (AvgIpc) is 2.59. The Labute approximate surface area is 86.5 Å². The normalized spacial score (nSPS) is 15.4. The molecule has 80 valence electrons. The maximum absolute atomic E-state index is 4.38. The third kappa shape index (κ3) is 2.58. The van der Waals surface area contributed by atoms with Crippen molar-refractivity contribution in [3.8, 4) is 0 Å². The number of aromatic nitrogens is 2. The summed E-state index contributed by atoms with van der Waals surface area (Å²) in [4.78, 5) is 4.38. The van der Waals surface area contributed by atoms with Gasteiger partial charge in [-0.3, -0.25) is 0 Å². The molecule has 14 heavy (non-hydrogen) atoms. The molecular formula is C11H21N3. The van der Waals surface area contributed by atoms with Crippen LogP contribution in [0.4, 0.5) is 0 Å². The first kappa shape index (κ1) is 11.2. The van der Waals surface area contributed by atoms with Gasteiger partial charge in [0.25, 0.3) is 0 Å². The molecule has 0 aromatic carbocycles. The zero-order valence-corrected chi connectivity index (χ0v) is 9.62. The highest BCUT2D eigenvalue weighted by atomic mass is 15.0. The quantitative estimate of drug-likeness (QED) is 0.776. The number of imidazole rings is 1. The lowest BCUT2D eigenvalue weighted by Crippen LogP contribution is -2.25. The van der Waals surface area contributed by atoms with E-state index in [1.165, 1.54) is 5.82 Å². The summed E-state index contributed by atoms with van der Waals surface area (Å²) >= 11 is 0. The highest BCUT2D eigenvalue weighted by molar-refractivity contribution is 5.00. The Morgan fingerprint density at radius 3 is 2.71 bits per heavy atom. The van der Waals surface area contributed by atoms with Crippen molar-refractivity contribution in [3.05, 3.63) is 18.2 Å². The van der Waals surface area contributed by atoms with Gasteiger partial charge in [-0.25, -0.2) is 4.98 Å². The minimum atomic E-state index is 0.508. The van der Waals surface area contributed by atoms with Gasteiger partial charge in [0, 0.05) is 25.4 Å². The van der Waals surface area contributed by atoms with E-state index in [4.69, 9.17) is 0 Å². The first-order valence-corrected chi connectivity index (χ1v) is 5.34. The van der Waals surface area contributed by atoms with Gasteiger partial charge in [0.15, 0.2) is 0 Å². The van der Waals surface area contributed by atoms with Crippen molar-refractivity contribution in [2.45, 2.75) is 26.7 Å². The molecule has 1 N–H and O–H groups in total. The van der Waals surface area contributed by atoms with E-state index >= 15 is 0 Å². The number of nitrogens with one attached hydrogen (secondary N) is 1. The van der Waals surface area contributed by atoms with E-state index < -0.39 is 0 Å². The molecule has 1 heterocycles. The van der Waals surface area contributed by atoms with Crippen LogP contribution in [-0.4, -0.2) is 22.6 Å². The molecule has 0 saturated carbocycles. The van der Waals surface area contributed by atoms with Gasteiger partial charge >= 0.3 is 0 Å². The Bertz CT molecular complexity index is 267. The lowest BCUT2D eigenvalue weighted by atomic mass is 9.95. The molecule has 0 aliphatic carbocycles. The molecule has 1 rings (SSSR count). The summed E-state index contributed by atoms with van der Waals surface area (Å²) in [5, 5.41) is 3.37. The number of nitrogens with zero attached hydrogens (tertiary/aromatic N) is 2. The molecule has 1 aromatic rings. The van der Waals surface area contributed by atoms with Crippen LogP contribution in [0.15, 0.2) is 12.4 Å². The zero-order chi connectivity index (χ0) is 10.6. The van der Waals surface area contributed by atoms with Gasteiger partial charge in [-0.15, -0.1) is 0 Å². The molecule has 0 bridgehead atoms. The summed E-state index contributed by atoms with van der Waals surface area (Å²) in [7, 11) is 2.05. The molecule has 0 saturated heterocycles. The van der Waals surface area contributed by atoms with Crippen LogP contribution in [0.5, 0.6) is 0 Å². The number of hydrogen-bond donors (Lipinski definition) is 1. The third-order valence-corrected chi connectivity index (χ3v) is 2.84. The van der Waals surface area contributed by atoms with E-state index in [0.29, 0.717) is 11.8 Å². The first-order chi connectivity index (χ1) is 6.66. The third-order valence-electron chi connectivity index (χ3n) is 2.84. The number of rotatable bonds is 5. The predicted molar refractivity (Wildman–Crippen MR) is 59.3 cm³/mol. The SMILES string of the molecule is CCNCC(C)C(C)c1nccn1C. The van der Waals surface area contributed by atoms with Gasteiger partial charge in [-0.2, -0.15) is 0 Å². The Kier molecular flexibility index (Phi) is 4.14. The van der Waals surface area contributed by atoms with Crippen LogP contribution in [0.1, 0.15) is 32.5 Å². The van der Waals surface area contributed by atoms with Gasteiger partial charge in [-0.1, -0.05) is 20.8 Å². The lowest BCUT2D eigenvalue weighted by Gasteiger charge is -2.19. The minimum Gasteiger partial charge on any atom is -0.338 e. The summed E-state index contributed by atoms with van der Waals surface area (Å²) in [6.45, 7) is 8.74. The molecule has 3 nitrogen and oxygen atoms in total. The number of hydrogen-bond acceptors (Lipinski definition) is 2. The fraction of sp³-hybridized carbons (Fsp3) is 0.727. The first-order valence-electron chi connectivity index (χ1n) is 5.34. The second kappa shape index (κ2) is 5.15. The average molecular weight is 195 g/mol. The fourth-order valence-electron chi connectivity index (χ4n) is 1.62. The van der Waals surface area contributed by atoms with E-state index in [-0.39, 0.29) is 0 Å². The predicted octanol–water partition coefficient (Wildman–Crippen LogP) is 1.77. The summed E-state index contributed by atoms with van der Waals surface area (Å²) in [6, 6.07) is 0. The van der Waals surface area contributed by atoms with Crippen molar-refractivity contribution in [1.29, 1.82) is 0 Å². The standard InChI is InChI=1S/C11H21N3/c1-5-12-8-9(2)10(3)11-13-6-7-14(11)4/h6-7,9-10,12H,5,8H2,1-4H3. The number of aryl methyl sites for hydroxylation is 1. The van der Waals surface area contributed by atoms with Gasteiger partial charge in [0.2, 0.25) is 0 Å². The Morgan fingerprint density at radius 2 is 2.21 bits per heavy atom. The maximum Gasteiger partial charge on any atom is 0.111 e. The van der Waals surface area contributed by atoms with Crippen molar-refractivity contribution < 1.29 is 0 Å². The smallest absolute Gasteiger partial charge is 0.111 e. The Morgan fingerprint density at radius 1 is 1.50 bits per heavy atom. The van der Waals surface area contributed by atoms with Crippen LogP contribution in [0.2, 0.25) is 0 Å². The van der Waals surface area contributed by atoms with E-state index in [0.717, 1.165) is 13.1 Å². The second-order valence-electron chi connectivity index (χ2n) is 3.97. The topological polar surface area (TPSA) is 29.9 Å². The van der Waals surface area contributed by atoms with E-state index in [1.807, 2.05) is 12.4 Å². The van der Waals surface area contributed by atoms with Crippen molar-refractivity contribution in [2.75, 3.05) is 13.1 Å². The monoisotopic (exact) mass is 195 g/mol. The minimum absolute atomic E-state index is 0.508. The summed E-state index contributed by atoms with van der Waals surface area (Å²) in [5.74, 6) is 2.31. The molecule has 1 aromatic heterocycles. The van der Waals surface area contributed by atoms with Crippen LogP contribution < -0.4 is 5.32 Å². The van der Waals surface area contributed by atoms with Gasteiger partial charge in [0.05, 0.1) is 0 Å². The highest BCUT2D eigenvalue weighted by Crippen LogP contribution is 2.21. The molecule has 0 aliphatic rings. The van der Waals surface area contributed by atoms with Crippen molar-refractivity contribution in [3.63, 3.8) is 0 Å². The van der Waals surface area contributed by atoms with Gasteiger partial charge < -0.3 is 9.88 Å². The highest BCUT2D eigenvalue weighted by Gasteiger charge is 2.17. The zero-order valence-electron chi connectivity index (χ0n) is 9.62. The van der Waals surface area contributed by atoms with Crippen molar-refractivity contribution in [1.82, 2.24) is 14.9 Å². The molecule has 0 aliphatic heterocycles. The molecule has 0 fully saturated rings. The van der Waals surface area contributed by atoms with E-state index in [9.17, 15) is 0 Å². The molecule has 2 unspecified atom stereocenters. The van der Waals surface area contributed by atoms with Gasteiger partial charge in [0.1, 0.15) is 5.82 Å².